The average molecular weight is 504 g/mol. The highest BCUT2D eigenvalue weighted by Crippen LogP contribution is 2.21. The SMILES string of the molecule is CCCCCCCC1OC(=O)C[C@@H](O)[C@H](Cc2ccccc2)N(C)C(=O)N[C@H](C(C)C)NC(=O)[C@H]1C. The number of aliphatic hydroxyl groups is 1. The summed E-state index contributed by atoms with van der Waals surface area (Å²) in [7, 11) is 1.60. The molecule has 0 radical (unpaired) electrons. The predicted octanol–water partition coefficient (Wildman–Crippen LogP) is 4.01. The van der Waals surface area contributed by atoms with Crippen LogP contribution in [-0.2, 0) is 20.7 Å². The number of likely N-dealkylation sites (N-methyl/N-ethyl adjacent to an activating group) is 1. The normalized spacial score (nSPS) is 26.4. The van der Waals surface area contributed by atoms with Crippen LogP contribution in [0.1, 0.15) is 78.2 Å². The number of unbranched alkanes of at least 4 members (excludes halogenated alkanes) is 4. The smallest absolute Gasteiger partial charge is 0.319 e. The molecule has 202 valence electrons. The first kappa shape index (κ1) is 29.6. The van der Waals surface area contributed by atoms with Crippen molar-refractivity contribution in [3.63, 3.8) is 0 Å². The highest BCUT2D eigenvalue weighted by atomic mass is 16.5. The molecule has 1 aliphatic rings. The zero-order valence-electron chi connectivity index (χ0n) is 22.5. The molecular formula is C28H45N3O5. The second kappa shape index (κ2) is 14.8. The second-order valence-electron chi connectivity index (χ2n) is 10.3. The van der Waals surface area contributed by atoms with Crippen LogP contribution < -0.4 is 10.6 Å². The number of carbonyl (C=O) groups excluding carboxylic acids is 3. The van der Waals surface area contributed by atoms with Gasteiger partial charge in [0.05, 0.1) is 24.5 Å². The minimum absolute atomic E-state index is 0.0730. The summed E-state index contributed by atoms with van der Waals surface area (Å²) in [5.74, 6) is -1.50. The van der Waals surface area contributed by atoms with E-state index in [0.29, 0.717) is 12.8 Å². The molecule has 8 nitrogen and oxygen atoms in total. The maximum absolute atomic E-state index is 13.2. The van der Waals surface area contributed by atoms with E-state index in [1.54, 1.807) is 14.0 Å². The van der Waals surface area contributed by atoms with Crippen LogP contribution >= 0.6 is 0 Å². The Morgan fingerprint density at radius 3 is 2.36 bits per heavy atom. The topological polar surface area (TPSA) is 108 Å². The molecule has 1 aromatic carbocycles. The lowest BCUT2D eigenvalue weighted by Gasteiger charge is -2.34. The summed E-state index contributed by atoms with van der Waals surface area (Å²) in [4.78, 5) is 40.6. The molecule has 36 heavy (non-hydrogen) atoms. The Kier molecular flexibility index (Phi) is 12.2. The van der Waals surface area contributed by atoms with Gasteiger partial charge in [0.25, 0.3) is 0 Å². The summed E-state index contributed by atoms with van der Waals surface area (Å²) in [5, 5.41) is 16.9. The Balaban J connectivity index is 2.30. The minimum Gasteiger partial charge on any atom is -0.461 e. The molecule has 0 bridgehead atoms. The third-order valence-electron chi connectivity index (χ3n) is 7.02. The zero-order valence-corrected chi connectivity index (χ0v) is 22.5. The van der Waals surface area contributed by atoms with Gasteiger partial charge in [0.15, 0.2) is 0 Å². The fraction of sp³-hybridized carbons (Fsp3) is 0.679. The van der Waals surface area contributed by atoms with E-state index in [1.807, 2.05) is 44.2 Å². The largest absolute Gasteiger partial charge is 0.461 e. The summed E-state index contributed by atoms with van der Waals surface area (Å²) in [6.45, 7) is 7.73. The van der Waals surface area contributed by atoms with Gasteiger partial charge in [-0.15, -0.1) is 0 Å². The highest BCUT2D eigenvalue weighted by Gasteiger charge is 2.35. The summed E-state index contributed by atoms with van der Waals surface area (Å²) >= 11 is 0. The van der Waals surface area contributed by atoms with Gasteiger partial charge >= 0.3 is 12.0 Å². The van der Waals surface area contributed by atoms with Crippen molar-refractivity contribution in [2.75, 3.05) is 7.05 Å². The first-order chi connectivity index (χ1) is 17.1. The van der Waals surface area contributed by atoms with Gasteiger partial charge in [-0.3, -0.25) is 9.59 Å². The Bertz CT molecular complexity index is 832. The molecule has 1 aliphatic heterocycles. The fourth-order valence-electron chi connectivity index (χ4n) is 4.48. The second-order valence-corrected chi connectivity index (χ2v) is 10.3. The first-order valence-corrected chi connectivity index (χ1v) is 13.4. The lowest BCUT2D eigenvalue weighted by molar-refractivity contribution is -0.156. The van der Waals surface area contributed by atoms with Crippen LogP contribution in [0.4, 0.5) is 4.79 Å². The molecule has 3 N–H and O–H groups in total. The van der Waals surface area contributed by atoms with Gasteiger partial charge in [-0.25, -0.2) is 4.79 Å². The molecule has 1 fully saturated rings. The van der Waals surface area contributed by atoms with Gasteiger partial charge < -0.3 is 25.4 Å². The molecule has 3 amide bonds. The zero-order chi connectivity index (χ0) is 26.7. The lowest BCUT2D eigenvalue weighted by Crippen LogP contribution is -2.58. The van der Waals surface area contributed by atoms with Crippen molar-refractivity contribution in [1.82, 2.24) is 15.5 Å². The molecule has 1 saturated heterocycles. The van der Waals surface area contributed by atoms with E-state index < -0.39 is 42.3 Å². The van der Waals surface area contributed by atoms with Gasteiger partial charge in [-0.2, -0.15) is 0 Å². The van der Waals surface area contributed by atoms with E-state index in [0.717, 1.165) is 37.7 Å². The number of hydrogen-bond donors (Lipinski definition) is 3. The maximum atomic E-state index is 13.2. The summed E-state index contributed by atoms with van der Waals surface area (Å²) in [6, 6.07) is 8.45. The van der Waals surface area contributed by atoms with Gasteiger partial charge in [0, 0.05) is 7.05 Å². The van der Waals surface area contributed by atoms with Gasteiger partial charge in [-0.1, -0.05) is 83.7 Å². The number of aliphatic hydroxyl groups excluding tert-OH is 1. The number of benzene rings is 1. The first-order valence-electron chi connectivity index (χ1n) is 13.4. The minimum atomic E-state index is -1.13. The molecule has 2 rings (SSSR count). The maximum Gasteiger partial charge on any atom is 0.319 e. The van der Waals surface area contributed by atoms with Crippen LogP contribution in [0.25, 0.3) is 0 Å². The number of cyclic esters (lactones) is 1. The predicted molar refractivity (Wildman–Crippen MR) is 140 cm³/mol. The van der Waals surface area contributed by atoms with Crippen LogP contribution in [0, 0.1) is 11.8 Å². The van der Waals surface area contributed by atoms with Gasteiger partial charge in [-0.05, 0) is 30.7 Å². The van der Waals surface area contributed by atoms with Crippen LogP contribution in [0.2, 0.25) is 0 Å². The van der Waals surface area contributed by atoms with Crippen molar-refractivity contribution in [1.29, 1.82) is 0 Å². The van der Waals surface area contributed by atoms with Crippen molar-refractivity contribution >= 4 is 17.9 Å². The molecule has 1 unspecified atom stereocenters. The van der Waals surface area contributed by atoms with Crippen molar-refractivity contribution in [3.05, 3.63) is 35.9 Å². The molecule has 8 heteroatoms. The van der Waals surface area contributed by atoms with Crippen molar-refractivity contribution in [2.24, 2.45) is 11.8 Å². The third kappa shape index (κ3) is 9.12. The quantitative estimate of drug-likeness (QED) is 0.349. The highest BCUT2D eigenvalue weighted by molar-refractivity contribution is 5.81. The number of carbonyl (C=O) groups is 3. The average Bonchev–Trinajstić information content (AvgIpc) is 2.85. The molecular weight excluding hydrogens is 458 g/mol. The molecule has 0 aromatic heterocycles. The van der Waals surface area contributed by atoms with E-state index in [9.17, 15) is 19.5 Å². The van der Waals surface area contributed by atoms with E-state index >= 15 is 0 Å². The number of hydrogen-bond acceptors (Lipinski definition) is 5. The Morgan fingerprint density at radius 2 is 1.72 bits per heavy atom. The number of nitrogens with one attached hydrogen (secondary N) is 2. The van der Waals surface area contributed by atoms with Crippen LogP contribution in [0.3, 0.4) is 0 Å². The fourth-order valence-corrected chi connectivity index (χ4v) is 4.48. The monoisotopic (exact) mass is 503 g/mol. The van der Waals surface area contributed by atoms with E-state index in [1.165, 1.54) is 4.90 Å². The number of amides is 3. The van der Waals surface area contributed by atoms with Gasteiger partial charge in [0.1, 0.15) is 12.3 Å². The Hall–Kier alpha value is -2.61. The Labute approximate surface area is 216 Å². The van der Waals surface area contributed by atoms with Crippen molar-refractivity contribution in [3.8, 4) is 0 Å². The summed E-state index contributed by atoms with van der Waals surface area (Å²) in [6.07, 6.45) is 3.60. The lowest BCUT2D eigenvalue weighted by atomic mass is 9.96. The Morgan fingerprint density at radius 1 is 1.06 bits per heavy atom. The van der Waals surface area contributed by atoms with E-state index in [-0.39, 0.29) is 18.2 Å². The molecule has 1 aromatic rings. The number of nitrogens with zero attached hydrogens (tertiary/aromatic N) is 1. The number of urea groups is 1. The molecule has 5 atom stereocenters. The molecule has 0 saturated carbocycles. The number of rotatable bonds is 9. The van der Waals surface area contributed by atoms with E-state index in [2.05, 4.69) is 17.6 Å². The standard InChI is InChI=1S/C28H45N3O5/c1-6-7-8-9-13-16-24-20(4)27(34)29-26(19(2)3)30-28(35)31(5)22(23(32)18-25(33)36-24)17-21-14-11-10-12-15-21/h10-12,14-15,19-20,22-24,26,32H,6-9,13,16-18H2,1-5H3,(H,29,34)(H,30,35)/t20-,22-,23+,24?,26+/m0/s1. The third-order valence-corrected chi connectivity index (χ3v) is 7.02. The molecule has 0 spiro atoms. The van der Waals surface area contributed by atoms with Crippen LogP contribution in [0.15, 0.2) is 30.3 Å². The molecule has 1 heterocycles. The van der Waals surface area contributed by atoms with Crippen LogP contribution in [-0.4, -0.2) is 59.4 Å². The number of ether oxygens (including phenoxy) is 1. The number of esters is 1. The molecule has 0 aliphatic carbocycles. The summed E-state index contributed by atoms with van der Waals surface area (Å²) in [5.41, 5.74) is 0.936. The van der Waals surface area contributed by atoms with Crippen molar-refractivity contribution < 1.29 is 24.2 Å². The summed E-state index contributed by atoms with van der Waals surface area (Å²) < 4.78 is 5.80. The van der Waals surface area contributed by atoms with Crippen molar-refractivity contribution in [2.45, 2.75) is 103 Å². The van der Waals surface area contributed by atoms with Crippen LogP contribution in [0.5, 0.6) is 0 Å². The van der Waals surface area contributed by atoms with E-state index in [4.69, 9.17) is 4.74 Å². The van der Waals surface area contributed by atoms with Gasteiger partial charge in [0.2, 0.25) is 5.91 Å².